The molecule has 184 valence electrons. The molecule has 3 rings (SSSR count). The van der Waals surface area contributed by atoms with Crippen LogP contribution in [0.5, 0.6) is 0 Å². The lowest BCUT2D eigenvalue weighted by molar-refractivity contribution is -0.139. The highest BCUT2D eigenvalue weighted by Gasteiger charge is 2.38. The number of hydrogen-bond acceptors (Lipinski definition) is 5. The van der Waals surface area contributed by atoms with E-state index in [1.807, 2.05) is 11.0 Å². The Morgan fingerprint density at radius 3 is 2.18 bits per heavy atom. The quantitative estimate of drug-likeness (QED) is 0.610. The minimum atomic E-state index is -4.86. The molecule has 1 aliphatic heterocycles. The molecule has 1 saturated heterocycles. The van der Waals surface area contributed by atoms with Gasteiger partial charge >= 0.3 is 6.18 Å². The lowest BCUT2D eigenvalue weighted by Gasteiger charge is -2.35. The minimum absolute atomic E-state index is 0.132. The average Bonchev–Trinajstić information content (AvgIpc) is 2.79. The first-order chi connectivity index (χ1) is 16.0. The number of piperazine rings is 1. The zero-order chi connectivity index (χ0) is 24.9. The van der Waals surface area contributed by atoms with Gasteiger partial charge < -0.3 is 10.2 Å². The second-order valence-electron chi connectivity index (χ2n) is 7.85. The second-order valence-corrected chi connectivity index (χ2v) is 9.53. The average molecular weight is 499 g/mol. The molecule has 0 aliphatic carbocycles. The van der Waals surface area contributed by atoms with E-state index in [1.54, 1.807) is 24.3 Å². The van der Waals surface area contributed by atoms with Crippen LogP contribution in [-0.2, 0) is 25.8 Å². The van der Waals surface area contributed by atoms with Crippen molar-refractivity contribution in [1.82, 2.24) is 14.5 Å². The molecule has 34 heavy (non-hydrogen) atoms. The van der Waals surface area contributed by atoms with E-state index in [4.69, 9.17) is 0 Å². The number of halogens is 3. The maximum Gasteiger partial charge on any atom is 0.417 e. The van der Waals surface area contributed by atoms with Gasteiger partial charge in [-0.15, -0.1) is 0 Å². The van der Waals surface area contributed by atoms with E-state index in [-0.39, 0.29) is 25.5 Å². The Morgan fingerprint density at radius 1 is 0.971 bits per heavy atom. The van der Waals surface area contributed by atoms with Crippen LogP contribution in [0.2, 0.25) is 0 Å². The number of amides is 2. The van der Waals surface area contributed by atoms with Crippen molar-refractivity contribution >= 4 is 27.5 Å². The summed E-state index contributed by atoms with van der Waals surface area (Å²) in [6.07, 6.45) is -4.86. The van der Waals surface area contributed by atoms with Crippen LogP contribution in [0.4, 0.5) is 18.9 Å². The van der Waals surface area contributed by atoms with Gasteiger partial charge in [-0.1, -0.05) is 30.3 Å². The molecule has 0 spiro atoms. The highest BCUT2D eigenvalue weighted by atomic mass is 32.2. The third kappa shape index (κ3) is 6.55. The van der Waals surface area contributed by atoms with Crippen molar-refractivity contribution in [3.8, 4) is 0 Å². The van der Waals surface area contributed by atoms with Crippen molar-refractivity contribution in [3.63, 3.8) is 0 Å². The summed E-state index contributed by atoms with van der Waals surface area (Å²) in [6.45, 7) is 2.71. The standard InChI is InChI=1S/C22H25F3N4O4S/c1-16(27-34(32,33)19-10-6-5-9-18(19)22(23,24)25)21(31)29-13-11-28(12-14-29)15-20(30)26-17-7-3-2-4-8-17/h2-10,16,27H,11-15H2,1H3,(H,26,30)/t16-/m0/s1. The number of nitrogens with zero attached hydrogens (tertiary/aromatic N) is 2. The maximum absolute atomic E-state index is 13.2. The van der Waals surface area contributed by atoms with Gasteiger partial charge in [0, 0.05) is 31.9 Å². The fraction of sp³-hybridized carbons (Fsp3) is 0.364. The van der Waals surface area contributed by atoms with Gasteiger partial charge in [0.1, 0.15) is 0 Å². The highest BCUT2D eigenvalue weighted by molar-refractivity contribution is 7.89. The number of rotatable bonds is 7. The molecule has 8 nitrogen and oxygen atoms in total. The number of carbonyl (C=O) groups excluding carboxylic acids is 2. The molecule has 1 fully saturated rings. The smallest absolute Gasteiger partial charge is 0.339 e. The van der Waals surface area contributed by atoms with Gasteiger partial charge in [0.25, 0.3) is 0 Å². The zero-order valence-corrected chi connectivity index (χ0v) is 19.2. The first-order valence-electron chi connectivity index (χ1n) is 10.5. The fourth-order valence-electron chi connectivity index (χ4n) is 3.61. The van der Waals surface area contributed by atoms with E-state index >= 15 is 0 Å². The molecule has 0 saturated carbocycles. The summed E-state index contributed by atoms with van der Waals surface area (Å²) in [6, 6.07) is 11.5. The lowest BCUT2D eigenvalue weighted by atomic mass is 10.2. The molecule has 0 bridgehead atoms. The summed E-state index contributed by atoms with van der Waals surface area (Å²) in [5, 5.41) is 2.78. The summed E-state index contributed by atoms with van der Waals surface area (Å²) in [5.74, 6) is -0.753. The normalized spacial score (nSPS) is 16.2. The SMILES string of the molecule is C[C@H](NS(=O)(=O)c1ccccc1C(F)(F)F)C(=O)N1CCN(CC(=O)Nc2ccccc2)CC1. The minimum Gasteiger partial charge on any atom is -0.339 e. The van der Waals surface area contributed by atoms with Crippen molar-refractivity contribution in [3.05, 3.63) is 60.2 Å². The van der Waals surface area contributed by atoms with E-state index < -0.39 is 38.6 Å². The van der Waals surface area contributed by atoms with E-state index in [0.717, 1.165) is 12.1 Å². The third-order valence-corrected chi connectivity index (χ3v) is 6.89. The molecule has 0 unspecified atom stereocenters. The van der Waals surface area contributed by atoms with Crippen molar-refractivity contribution in [2.24, 2.45) is 0 Å². The summed E-state index contributed by atoms with van der Waals surface area (Å²) in [7, 11) is -4.59. The molecule has 0 aromatic heterocycles. The van der Waals surface area contributed by atoms with Crippen LogP contribution >= 0.6 is 0 Å². The van der Waals surface area contributed by atoms with Crippen molar-refractivity contribution in [1.29, 1.82) is 0 Å². The second kappa shape index (κ2) is 10.5. The van der Waals surface area contributed by atoms with E-state index in [1.165, 1.54) is 17.9 Å². The van der Waals surface area contributed by atoms with Gasteiger partial charge in [-0.2, -0.15) is 17.9 Å². The van der Waals surface area contributed by atoms with Crippen molar-refractivity contribution in [2.75, 3.05) is 38.0 Å². The molecule has 1 atom stereocenters. The van der Waals surface area contributed by atoms with Crippen LogP contribution in [0.3, 0.4) is 0 Å². The Morgan fingerprint density at radius 2 is 1.56 bits per heavy atom. The number of alkyl halides is 3. The van der Waals surface area contributed by atoms with Gasteiger partial charge in [0.15, 0.2) is 0 Å². The van der Waals surface area contributed by atoms with E-state index in [2.05, 4.69) is 10.0 Å². The maximum atomic E-state index is 13.2. The number of anilines is 1. The summed E-state index contributed by atoms with van der Waals surface area (Å²) in [5.41, 5.74) is -0.626. The summed E-state index contributed by atoms with van der Waals surface area (Å²) >= 11 is 0. The van der Waals surface area contributed by atoms with E-state index in [0.29, 0.717) is 24.8 Å². The van der Waals surface area contributed by atoms with Gasteiger partial charge in [-0.3, -0.25) is 14.5 Å². The van der Waals surface area contributed by atoms with Crippen molar-refractivity contribution < 1.29 is 31.2 Å². The number of nitrogens with one attached hydrogen (secondary N) is 2. The van der Waals surface area contributed by atoms with Crippen LogP contribution in [0.25, 0.3) is 0 Å². The molecular weight excluding hydrogens is 473 g/mol. The predicted octanol–water partition coefficient (Wildman–Crippen LogP) is 2.16. The topological polar surface area (TPSA) is 98.8 Å². The number of benzene rings is 2. The first kappa shape index (κ1) is 25.7. The molecule has 2 aromatic carbocycles. The molecular formula is C22H25F3N4O4S. The fourth-order valence-corrected chi connectivity index (χ4v) is 5.03. The van der Waals surface area contributed by atoms with Crippen LogP contribution in [0, 0.1) is 0 Å². The van der Waals surface area contributed by atoms with Crippen LogP contribution in [-0.4, -0.2) is 68.8 Å². The van der Waals surface area contributed by atoms with Crippen LogP contribution in [0.15, 0.2) is 59.5 Å². The molecule has 12 heteroatoms. The molecule has 2 aromatic rings. The third-order valence-electron chi connectivity index (χ3n) is 5.29. The number of sulfonamides is 1. The molecule has 1 aliphatic rings. The van der Waals surface area contributed by atoms with Gasteiger partial charge in [-0.25, -0.2) is 8.42 Å². The predicted molar refractivity (Wildman–Crippen MR) is 119 cm³/mol. The van der Waals surface area contributed by atoms with E-state index in [9.17, 15) is 31.2 Å². The molecule has 2 N–H and O–H groups in total. The largest absolute Gasteiger partial charge is 0.417 e. The van der Waals surface area contributed by atoms with Gasteiger partial charge in [-0.05, 0) is 31.2 Å². The Hall–Kier alpha value is -2.96. The number of carbonyl (C=O) groups is 2. The summed E-state index contributed by atoms with van der Waals surface area (Å²) < 4.78 is 66.9. The van der Waals surface area contributed by atoms with Gasteiger partial charge in [0.2, 0.25) is 21.8 Å². The Balaban J connectivity index is 1.54. The molecule has 0 radical (unpaired) electrons. The van der Waals surface area contributed by atoms with Crippen LogP contribution in [0.1, 0.15) is 12.5 Å². The Labute approximate surface area is 195 Å². The number of hydrogen-bond donors (Lipinski definition) is 2. The number of para-hydroxylation sites is 1. The Bertz CT molecular complexity index is 1120. The Kier molecular flexibility index (Phi) is 7.95. The highest BCUT2D eigenvalue weighted by Crippen LogP contribution is 2.33. The van der Waals surface area contributed by atoms with Gasteiger partial charge in [0.05, 0.1) is 23.0 Å². The zero-order valence-electron chi connectivity index (χ0n) is 18.4. The first-order valence-corrected chi connectivity index (χ1v) is 12.0. The lowest BCUT2D eigenvalue weighted by Crippen LogP contribution is -2.55. The molecule has 1 heterocycles. The summed E-state index contributed by atoms with van der Waals surface area (Å²) in [4.78, 5) is 27.3. The van der Waals surface area contributed by atoms with Crippen LogP contribution < -0.4 is 10.0 Å². The molecule has 2 amide bonds. The van der Waals surface area contributed by atoms with Crippen molar-refractivity contribution in [2.45, 2.75) is 24.0 Å². The monoisotopic (exact) mass is 498 g/mol.